The van der Waals surface area contributed by atoms with Gasteiger partial charge in [-0.25, -0.2) is 4.39 Å². The van der Waals surface area contributed by atoms with E-state index in [0.717, 1.165) is 25.1 Å². The molecule has 0 spiro atoms. The molecular weight excluding hydrogens is 229 g/mol. The van der Waals surface area contributed by atoms with Crippen molar-refractivity contribution in [3.8, 4) is 0 Å². The van der Waals surface area contributed by atoms with Gasteiger partial charge in [0.15, 0.2) is 0 Å². The van der Waals surface area contributed by atoms with Gasteiger partial charge in [0.1, 0.15) is 11.6 Å². The molecule has 0 saturated carbocycles. The highest BCUT2D eigenvalue weighted by Crippen LogP contribution is 2.36. The number of nitrogens with one attached hydrogen (secondary N) is 1. The van der Waals surface area contributed by atoms with Gasteiger partial charge < -0.3 is 5.32 Å². The van der Waals surface area contributed by atoms with Crippen LogP contribution in [-0.2, 0) is 11.2 Å². The first-order valence-corrected chi connectivity index (χ1v) is 6.53. The molecule has 98 valence electrons. The number of hydrogen-bond donors (Lipinski definition) is 1. The quantitative estimate of drug-likeness (QED) is 0.888. The van der Waals surface area contributed by atoms with E-state index in [1.165, 1.54) is 12.1 Å². The van der Waals surface area contributed by atoms with Gasteiger partial charge in [0, 0.05) is 18.4 Å². The van der Waals surface area contributed by atoms with Gasteiger partial charge in [-0.15, -0.1) is 0 Å². The average molecular weight is 249 g/mol. The molecule has 1 unspecified atom stereocenters. The predicted octanol–water partition coefficient (Wildman–Crippen LogP) is 2.57. The van der Waals surface area contributed by atoms with Gasteiger partial charge in [-0.3, -0.25) is 4.79 Å². The Morgan fingerprint density at radius 3 is 2.56 bits per heavy atom. The lowest BCUT2D eigenvalue weighted by atomic mass is 9.71. The number of rotatable bonds is 4. The topological polar surface area (TPSA) is 29.1 Å². The number of Topliss-reactive ketones (excluding diaryl/α,β-unsaturated/α-hetero) is 1. The van der Waals surface area contributed by atoms with Gasteiger partial charge in [-0.2, -0.15) is 0 Å². The van der Waals surface area contributed by atoms with Crippen LogP contribution in [0.5, 0.6) is 0 Å². The Labute approximate surface area is 108 Å². The number of hydrogen-bond acceptors (Lipinski definition) is 2. The fraction of sp³-hybridized carbons (Fsp3) is 0.533. The summed E-state index contributed by atoms with van der Waals surface area (Å²) in [4.78, 5) is 12.5. The Bertz CT molecular complexity index is 419. The Morgan fingerprint density at radius 1 is 1.39 bits per heavy atom. The van der Waals surface area contributed by atoms with Crippen LogP contribution >= 0.6 is 0 Å². The first-order valence-electron chi connectivity index (χ1n) is 6.53. The SMILES string of the molecule is CC(C)C1(C(=O)Cc2ccc(F)cc2)CCNC1. The predicted molar refractivity (Wildman–Crippen MR) is 69.9 cm³/mol. The van der Waals surface area contributed by atoms with E-state index < -0.39 is 0 Å². The van der Waals surface area contributed by atoms with Crippen LogP contribution in [0.15, 0.2) is 24.3 Å². The summed E-state index contributed by atoms with van der Waals surface area (Å²) in [6.07, 6.45) is 1.31. The summed E-state index contributed by atoms with van der Waals surface area (Å²) in [6.45, 7) is 5.89. The van der Waals surface area contributed by atoms with Gasteiger partial charge in [0.05, 0.1) is 0 Å². The molecule has 1 saturated heterocycles. The summed E-state index contributed by atoms with van der Waals surface area (Å²) in [7, 11) is 0. The van der Waals surface area contributed by atoms with E-state index in [0.29, 0.717) is 12.3 Å². The zero-order valence-electron chi connectivity index (χ0n) is 11.0. The van der Waals surface area contributed by atoms with E-state index in [1.807, 2.05) is 0 Å². The average Bonchev–Trinajstić information content (AvgIpc) is 2.82. The van der Waals surface area contributed by atoms with Gasteiger partial charge in [-0.1, -0.05) is 26.0 Å². The minimum Gasteiger partial charge on any atom is -0.316 e. The molecule has 1 fully saturated rings. The molecule has 1 aromatic carbocycles. The van der Waals surface area contributed by atoms with Crippen molar-refractivity contribution < 1.29 is 9.18 Å². The molecule has 2 rings (SSSR count). The maximum absolute atomic E-state index is 12.8. The van der Waals surface area contributed by atoms with Gasteiger partial charge in [-0.05, 0) is 36.6 Å². The molecule has 0 bridgehead atoms. The normalized spacial score (nSPS) is 23.6. The number of carbonyl (C=O) groups is 1. The van der Waals surface area contributed by atoms with E-state index >= 15 is 0 Å². The summed E-state index contributed by atoms with van der Waals surface area (Å²) in [5.41, 5.74) is 0.655. The molecule has 0 aliphatic carbocycles. The van der Waals surface area contributed by atoms with Crippen molar-refractivity contribution in [2.75, 3.05) is 13.1 Å². The Balaban J connectivity index is 2.13. The van der Waals surface area contributed by atoms with E-state index in [2.05, 4.69) is 19.2 Å². The van der Waals surface area contributed by atoms with Gasteiger partial charge in [0.25, 0.3) is 0 Å². The third kappa shape index (κ3) is 2.46. The largest absolute Gasteiger partial charge is 0.316 e. The van der Waals surface area contributed by atoms with Gasteiger partial charge in [0.2, 0.25) is 0 Å². The van der Waals surface area contributed by atoms with E-state index in [9.17, 15) is 9.18 Å². The number of carbonyl (C=O) groups excluding carboxylic acids is 1. The van der Waals surface area contributed by atoms with Crippen molar-refractivity contribution in [2.24, 2.45) is 11.3 Å². The molecular formula is C15H20FNO. The molecule has 1 aliphatic rings. The van der Waals surface area contributed by atoms with Crippen molar-refractivity contribution in [1.82, 2.24) is 5.32 Å². The summed E-state index contributed by atoms with van der Waals surface area (Å²) < 4.78 is 12.8. The molecule has 0 aromatic heterocycles. The molecule has 1 atom stereocenters. The van der Waals surface area contributed by atoms with Gasteiger partial charge >= 0.3 is 0 Å². The Morgan fingerprint density at radius 2 is 2.06 bits per heavy atom. The highest BCUT2D eigenvalue weighted by atomic mass is 19.1. The summed E-state index contributed by atoms with van der Waals surface area (Å²) in [5.74, 6) is 0.349. The zero-order valence-corrected chi connectivity index (χ0v) is 11.0. The second kappa shape index (κ2) is 5.19. The number of benzene rings is 1. The van der Waals surface area contributed by atoms with E-state index in [4.69, 9.17) is 0 Å². The third-order valence-corrected chi connectivity index (χ3v) is 4.13. The smallest absolute Gasteiger partial charge is 0.144 e. The number of ketones is 1. The Hall–Kier alpha value is -1.22. The maximum atomic E-state index is 12.8. The molecule has 1 aliphatic heterocycles. The second-order valence-corrected chi connectivity index (χ2v) is 5.46. The fourth-order valence-electron chi connectivity index (χ4n) is 2.73. The third-order valence-electron chi connectivity index (χ3n) is 4.13. The first kappa shape index (κ1) is 13.2. The van der Waals surface area contributed by atoms with Crippen LogP contribution in [0.4, 0.5) is 4.39 Å². The monoisotopic (exact) mass is 249 g/mol. The molecule has 3 heteroatoms. The summed E-state index contributed by atoms with van der Waals surface area (Å²) in [5, 5.41) is 3.29. The standard InChI is InChI=1S/C15H20FNO/c1-11(2)15(7-8-17-10-15)14(18)9-12-3-5-13(16)6-4-12/h3-6,11,17H,7-10H2,1-2H3. The second-order valence-electron chi connectivity index (χ2n) is 5.46. The lowest BCUT2D eigenvalue weighted by Crippen LogP contribution is -2.39. The molecule has 18 heavy (non-hydrogen) atoms. The minimum absolute atomic E-state index is 0.242. The van der Waals surface area contributed by atoms with Crippen LogP contribution in [0.2, 0.25) is 0 Å². The molecule has 2 nitrogen and oxygen atoms in total. The highest BCUT2D eigenvalue weighted by Gasteiger charge is 2.42. The van der Waals surface area contributed by atoms with Crippen molar-refractivity contribution >= 4 is 5.78 Å². The highest BCUT2D eigenvalue weighted by molar-refractivity contribution is 5.87. The molecule has 0 radical (unpaired) electrons. The van der Waals surface area contributed by atoms with Crippen molar-refractivity contribution in [3.63, 3.8) is 0 Å². The zero-order chi connectivity index (χ0) is 13.2. The Kier molecular flexibility index (Phi) is 3.81. The van der Waals surface area contributed by atoms with Crippen molar-refractivity contribution in [3.05, 3.63) is 35.6 Å². The van der Waals surface area contributed by atoms with E-state index in [-0.39, 0.29) is 17.0 Å². The number of halogens is 1. The lowest BCUT2D eigenvalue weighted by Gasteiger charge is -2.31. The van der Waals surface area contributed by atoms with Crippen LogP contribution in [0.1, 0.15) is 25.8 Å². The van der Waals surface area contributed by atoms with Crippen LogP contribution in [0.3, 0.4) is 0 Å². The lowest BCUT2D eigenvalue weighted by molar-refractivity contribution is -0.129. The van der Waals surface area contributed by atoms with Crippen LogP contribution < -0.4 is 5.32 Å². The molecule has 1 N–H and O–H groups in total. The first-order chi connectivity index (χ1) is 8.54. The molecule has 0 amide bonds. The molecule has 1 heterocycles. The minimum atomic E-state index is -0.257. The summed E-state index contributed by atoms with van der Waals surface area (Å²) >= 11 is 0. The fourth-order valence-corrected chi connectivity index (χ4v) is 2.73. The van der Waals surface area contributed by atoms with Crippen LogP contribution in [-0.4, -0.2) is 18.9 Å². The van der Waals surface area contributed by atoms with Crippen molar-refractivity contribution in [1.29, 1.82) is 0 Å². The van der Waals surface area contributed by atoms with E-state index in [1.54, 1.807) is 12.1 Å². The van der Waals surface area contributed by atoms with Crippen molar-refractivity contribution in [2.45, 2.75) is 26.7 Å². The molecule has 1 aromatic rings. The van der Waals surface area contributed by atoms with Crippen LogP contribution in [0.25, 0.3) is 0 Å². The maximum Gasteiger partial charge on any atom is 0.144 e. The summed E-state index contributed by atoms with van der Waals surface area (Å²) in [6, 6.07) is 6.22. The van der Waals surface area contributed by atoms with Crippen LogP contribution in [0, 0.1) is 17.2 Å².